The average Bonchev–Trinajstić information content (AvgIpc) is 2.46. The van der Waals surface area contributed by atoms with Gasteiger partial charge in [-0.05, 0) is 24.0 Å². The lowest BCUT2D eigenvalue weighted by atomic mass is 9.90. The number of benzene rings is 1. The monoisotopic (exact) mass is 171 g/mol. The summed E-state index contributed by atoms with van der Waals surface area (Å²) in [5.74, 6) is 2.67. The molecule has 0 spiro atoms. The molecule has 0 bridgehead atoms. The minimum atomic E-state index is -0.259. The Bertz CT molecular complexity index is 362. The molecule has 2 rings (SSSR count). The number of nitrogens with two attached hydrogens (primary N) is 1. The Balaban J connectivity index is 2.44. The third-order valence-electron chi connectivity index (χ3n) is 2.81. The lowest BCUT2D eigenvalue weighted by Gasteiger charge is -2.22. The Kier molecular flexibility index (Phi) is 1.86. The van der Waals surface area contributed by atoms with E-state index in [1.165, 1.54) is 11.1 Å². The van der Waals surface area contributed by atoms with Crippen LogP contribution in [0.1, 0.15) is 24.0 Å². The van der Waals surface area contributed by atoms with Gasteiger partial charge in [0.15, 0.2) is 0 Å². The van der Waals surface area contributed by atoms with E-state index in [1.54, 1.807) is 0 Å². The van der Waals surface area contributed by atoms with Crippen molar-refractivity contribution in [1.82, 2.24) is 0 Å². The Morgan fingerprint density at radius 3 is 3.00 bits per heavy atom. The lowest BCUT2D eigenvalue weighted by Crippen LogP contribution is -2.33. The highest BCUT2D eigenvalue weighted by Gasteiger charge is 2.33. The first-order valence-corrected chi connectivity index (χ1v) is 4.57. The van der Waals surface area contributed by atoms with E-state index in [1.807, 2.05) is 6.07 Å². The zero-order valence-electron chi connectivity index (χ0n) is 7.59. The van der Waals surface area contributed by atoms with Crippen LogP contribution in [0.5, 0.6) is 0 Å². The largest absolute Gasteiger partial charge is 0.321 e. The molecule has 0 aliphatic heterocycles. The minimum Gasteiger partial charge on any atom is -0.321 e. The van der Waals surface area contributed by atoms with Crippen molar-refractivity contribution in [3.63, 3.8) is 0 Å². The van der Waals surface area contributed by atoms with Gasteiger partial charge < -0.3 is 5.73 Å². The number of hydrogen-bond acceptors (Lipinski definition) is 1. The number of hydrogen-bond donors (Lipinski definition) is 1. The quantitative estimate of drug-likeness (QED) is 0.641. The van der Waals surface area contributed by atoms with Gasteiger partial charge in [-0.25, -0.2) is 0 Å². The topological polar surface area (TPSA) is 26.0 Å². The van der Waals surface area contributed by atoms with E-state index in [4.69, 9.17) is 12.2 Å². The summed E-state index contributed by atoms with van der Waals surface area (Å²) >= 11 is 0. The van der Waals surface area contributed by atoms with Crippen molar-refractivity contribution in [2.45, 2.75) is 24.8 Å². The van der Waals surface area contributed by atoms with Crippen LogP contribution in [-0.2, 0) is 12.0 Å². The average molecular weight is 171 g/mol. The lowest BCUT2D eigenvalue weighted by molar-refractivity contribution is 0.454. The first-order valence-electron chi connectivity index (χ1n) is 4.57. The number of terminal acetylenes is 1. The summed E-state index contributed by atoms with van der Waals surface area (Å²) in [5, 5.41) is 0. The molecule has 0 amide bonds. The summed E-state index contributed by atoms with van der Waals surface area (Å²) in [7, 11) is 0. The molecule has 0 saturated heterocycles. The molecule has 1 nitrogen and oxygen atoms in total. The molecule has 1 aromatic carbocycles. The van der Waals surface area contributed by atoms with Crippen LogP contribution in [0.4, 0.5) is 0 Å². The molecule has 0 radical (unpaired) electrons. The molecule has 1 aromatic rings. The molecule has 1 aliphatic carbocycles. The number of rotatable bonds is 1. The van der Waals surface area contributed by atoms with Crippen molar-refractivity contribution in [3.8, 4) is 12.3 Å². The Morgan fingerprint density at radius 2 is 2.23 bits per heavy atom. The van der Waals surface area contributed by atoms with E-state index in [-0.39, 0.29) is 5.54 Å². The van der Waals surface area contributed by atoms with Gasteiger partial charge in [0, 0.05) is 6.42 Å². The van der Waals surface area contributed by atoms with Crippen LogP contribution < -0.4 is 5.73 Å². The summed E-state index contributed by atoms with van der Waals surface area (Å²) < 4.78 is 0. The van der Waals surface area contributed by atoms with Crippen LogP contribution in [0.3, 0.4) is 0 Å². The number of fused-ring (bicyclic) bond motifs is 1. The Morgan fingerprint density at radius 1 is 1.46 bits per heavy atom. The maximum absolute atomic E-state index is 6.24. The van der Waals surface area contributed by atoms with Crippen LogP contribution in [-0.4, -0.2) is 0 Å². The fourth-order valence-corrected chi connectivity index (χ4v) is 2.08. The van der Waals surface area contributed by atoms with Crippen LogP contribution in [0.15, 0.2) is 24.3 Å². The van der Waals surface area contributed by atoms with Crippen LogP contribution in [0.2, 0.25) is 0 Å². The third-order valence-corrected chi connectivity index (χ3v) is 2.81. The molecule has 1 atom stereocenters. The van der Waals surface area contributed by atoms with Gasteiger partial charge in [0.2, 0.25) is 0 Å². The van der Waals surface area contributed by atoms with E-state index in [9.17, 15) is 0 Å². The summed E-state index contributed by atoms with van der Waals surface area (Å²) in [5.41, 5.74) is 8.58. The molecule has 0 unspecified atom stereocenters. The molecule has 13 heavy (non-hydrogen) atoms. The van der Waals surface area contributed by atoms with E-state index < -0.39 is 0 Å². The van der Waals surface area contributed by atoms with E-state index in [2.05, 4.69) is 24.1 Å². The zero-order valence-corrected chi connectivity index (χ0v) is 7.59. The normalized spacial score (nSPS) is 25.2. The first kappa shape index (κ1) is 8.34. The van der Waals surface area contributed by atoms with Gasteiger partial charge in [-0.15, -0.1) is 12.3 Å². The maximum Gasteiger partial charge on any atom is 0.0526 e. The predicted octanol–water partition coefficient (Wildman–Crippen LogP) is 1.81. The molecule has 2 N–H and O–H groups in total. The Labute approximate surface area is 79.0 Å². The van der Waals surface area contributed by atoms with Crippen molar-refractivity contribution in [3.05, 3.63) is 35.4 Å². The number of aryl methyl sites for hydroxylation is 1. The van der Waals surface area contributed by atoms with E-state index in [0.717, 1.165) is 12.8 Å². The van der Waals surface area contributed by atoms with Gasteiger partial charge in [-0.3, -0.25) is 0 Å². The second kappa shape index (κ2) is 2.90. The standard InChI is InChI=1S/C12H13N/c1-2-8-12(13)9-7-10-5-3-4-6-11(10)12/h1,3-6H,7-9,13H2/t12-/m0/s1. The SMILES string of the molecule is C#CC[C@]1(N)CCc2ccccc21. The van der Waals surface area contributed by atoms with Crippen LogP contribution >= 0.6 is 0 Å². The molecule has 0 fully saturated rings. The minimum absolute atomic E-state index is 0.259. The highest BCUT2D eigenvalue weighted by atomic mass is 14.8. The molecular weight excluding hydrogens is 158 g/mol. The molecule has 1 heteroatoms. The van der Waals surface area contributed by atoms with Crippen molar-refractivity contribution in [2.24, 2.45) is 5.73 Å². The predicted molar refractivity (Wildman–Crippen MR) is 54.1 cm³/mol. The second-order valence-electron chi connectivity index (χ2n) is 3.69. The maximum atomic E-state index is 6.24. The van der Waals surface area contributed by atoms with E-state index in [0.29, 0.717) is 6.42 Å². The molecule has 0 aromatic heterocycles. The van der Waals surface area contributed by atoms with Gasteiger partial charge in [-0.1, -0.05) is 24.3 Å². The molecular formula is C12H13N. The van der Waals surface area contributed by atoms with Gasteiger partial charge in [0.1, 0.15) is 0 Å². The molecule has 0 heterocycles. The van der Waals surface area contributed by atoms with Gasteiger partial charge in [-0.2, -0.15) is 0 Å². The second-order valence-corrected chi connectivity index (χ2v) is 3.69. The third kappa shape index (κ3) is 1.24. The van der Waals surface area contributed by atoms with Crippen LogP contribution in [0.25, 0.3) is 0 Å². The summed E-state index contributed by atoms with van der Waals surface area (Å²) in [4.78, 5) is 0. The summed E-state index contributed by atoms with van der Waals surface area (Å²) in [6.07, 6.45) is 8.01. The fourth-order valence-electron chi connectivity index (χ4n) is 2.08. The van der Waals surface area contributed by atoms with Crippen LogP contribution in [0, 0.1) is 12.3 Å². The van der Waals surface area contributed by atoms with Gasteiger partial charge >= 0.3 is 0 Å². The molecule has 1 aliphatic rings. The van der Waals surface area contributed by atoms with Gasteiger partial charge in [0.25, 0.3) is 0 Å². The molecule has 66 valence electrons. The fraction of sp³-hybridized carbons (Fsp3) is 0.333. The van der Waals surface area contributed by atoms with Crippen molar-refractivity contribution in [1.29, 1.82) is 0 Å². The zero-order chi connectivity index (χ0) is 9.31. The van der Waals surface area contributed by atoms with Crippen molar-refractivity contribution >= 4 is 0 Å². The first-order chi connectivity index (χ1) is 6.26. The molecule has 0 saturated carbocycles. The smallest absolute Gasteiger partial charge is 0.0526 e. The highest BCUT2D eigenvalue weighted by molar-refractivity contribution is 5.39. The summed E-state index contributed by atoms with van der Waals surface area (Å²) in [6.45, 7) is 0. The van der Waals surface area contributed by atoms with Gasteiger partial charge in [0.05, 0.1) is 5.54 Å². The van der Waals surface area contributed by atoms with E-state index >= 15 is 0 Å². The van der Waals surface area contributed by atoms with Crippen molar-refractivity contribution < 1.29 is 0 Å². The summed E-state index contributed by atoms with van der Waals surface area (Å²) in [6, 6.07) is 8.32. The van der Waals surface area contributed by atoms with Crippen molar-refractivity contribution in [2.75, 3.05) is 0 Å². The Hall–Kier alpha value is -1.26. The highest BCUT2D eigenvalue weighted by Crippen LogP contribution is 2.36.